The Bertz CT molecular complexity index is 1550. The van der Waals surface area contributed by atoms with Crippen molar-refractivity contribution in [3.8, 4) is 17.0 Å². The number of anilines is 2. The number of nitrogens with zero attached hydrogens (tertiary/aromatic N) is 6. The summed E-state index contributed by atoms with van der Waals surface area (Å²) in [4.78, 5) is 54.1. The molecule has 3 aliphatic rings. The van der Waals surface area contributed by atoms with Crippen molar-refractivity contribution in [2.45, 2.75) is 13.0 Å². The highest BCUT2D eigenvalue weighted by molar-refractivity contribution is 6.22. The third-order valence-corrected chi connectivity index (χ3v) is 7.30. The summed E-state index contributed by atoms with van der Waals surface area (Å²) in [5, 5.41) is 22.4. The Morgan fingerprint density at radius 1 is 0.850 bits per heavy atom. The lowest BCUT2D eigenvalue weighted by Gasteiger charge is -2.36. The number of fused-ring (bicyclic) bond motifs is 1. The predicted molar refractivity (Wildman–Crippen MR) is 143 cm³/mol. The van der Waals surface area contributed by atoms with Crippen LogP contribution in [0.15, 0.2) is 48.5 Å². The molecule has 2 fully saturated rings. The predicted octanol–water partition coefficient (Wildman–Crippen LogP) is 1.21. The molecule has 40 heavy (non-hydrogen) atoms. The van der Waals surface area contributed by atoms with Gasteiger partial charge < -0.3 is 15.7 Å². The van der Waals surface area contributed by atoms with E-state index in [1.807, 2.05) is 18.2 Å². The maximum atomic E-state index is 13.1. The van der Waals surface area contributed by atoms with Gasteiger partial charge in [-0.3, -0.25) is 24.6 Å². The van der Waals surface area contributed by atoms with Crippen molar-refractivity contribution in [1.82, 2.24) is 30.4 Å². The molecule has 13 heteroatoms. The molecule has 204 valence electrons. The molecule has 0 aliphatic carbocycles. The summed E-state index contributed by atoms with van der Waals surface area (Å²) in [7, 11) is 0. The molecule has 5 amide bonds. The molecule has 3 aliphatic heterocycles. The smallest absolute Gasteiger partial charge is 0.343 e. The van der Waals surface area contributed by atoms with Crippen LogP contribution in [-0.4, -0.2) is 86.7 Å². The first-order chi connectivity index (χ1) is 19.3. The fourth-order valence-electron chi connectivity index (χ4n) is 5.21. The summed E-state index contributed by atoms with van der Waals surface area (Å²) in [6.45, 7) is 3.30. The molecular formula is C27H26N8O5. The number of nitrogen functional groups attached to an aromatic ring is 1. The summed E-state index contributed by atoms with van der Waals surface area (Å²) in [5.41, 5.74) is 9.33. The lowest BCUT2D eigenvalue weighted by molar-refractivity contribution is -0.122. The second-order valence-electron chi connectivity index (χ2n) is 9.81. The summed E-state index contributed by atoms with van der Waals surface area (Å²) in [6, 6.07) is 13.1. The first-order valence-corrected chi connectivity index (χ1v) is 12.8. The van der Waals surface area contributed by atoms with Crippen molar-refractivity contribution in [3.05, 3.63) is 65.2 Å². The number of amides is 5. The Hall–Kier alpha value is -5.04. The maximum Gasteiger partial charge on any atom is 0.343 e. The second-order valence-corrected chi connectivity index (χ2v) is 9.81. The monoisotopic (exact) mass is 542 g/mol. The van der Waals surface area contributed by atoms with Crippen LogP contribution < -0.4 is 16.0 Å². The number of hydrazine groups is 1. The van der Waals surface area contributed by atoms with Crippen LogP contribution >= 0.6 is 0 Å². The van der Waals surface area contributed by atoms with Gasteiger partial charge in [0, 0.05) is 44.7 Å². The number of hydrogen-bond acceptors (Lipinski definition) is 10. The Kier molecular flexibility index (Phi) is 6.27. The molecule has 6 rings (SSSR count). The van der Waals surface area contributed by atoms with E-state index in [2.05, 4.69) is 25.3 Å². The summed E-state index contributed by atoms with van der Waals surface area (Å²) < 4.78 is 0. The number of para-hydroxylation sites is 1. The van der Waals surface area contributed by atoms with E-state index in [1.54, 1.807) is 30.3 Å². The molecule has 0 radical (unpaired) electrons. The van der Waals surface area contributed by atoms with Gasteiger partial charge in [0.25, 0.3) is 11.8 Å². The van der Waals surface area contributed by atoms with E-state index in [0.717, 1.165) is 21.3 Å². The Morgan fingerprint density at radius 2 is 1.60 bits per heavy atom. The molecule has 1 aromatic heterocycles. The van der Waals surface area contributed by atoms with Gasteiger partial charge >= 0.3 is 6.03 Å². The van der Waals surface area contributed by atoms with Gasteiger partial charge in [0.1, 0.15) is 5.75 Å². The van der Waals surface area contributed by atoms with Crippen molar-refractivity contribution in [1.29, 1.82) is 0 Å². The van der Waals surface area contributed by atoms with E-state index in [9.17, 15) is 24.3 Å². The highest BCUT2D eigenvalue weighted by Crippen LogP contribution is 2.32. The number of phenols is 1. The SMILES string of the molecule is Nc1nnc(-c2ccccc2O)cc1N1CCN(Cc2ccc3c(c2)C(=O)N(N2CCC(=O)NC2=O)C3=O)CC1. The van der Waals surface area contributed by atoms with Crippen LogP contribution in [-0.2, 0) is 11.3 Å². The molecule has 0 unspecified atom stereocenters. The lowest BCUT2D eigenvalue weighted by Crippen LogP contribution is -2.58. The Morgan fingerprint density at radius 3 is 2.35 bits per heavy atom. The number of carbonyl (C=O) groups excluding carboxylic acids is 4. The van der Waals surface area contributed by atoms with Gasteiger partial charge in [-0.2, -0.15) is 5.01 Å². The molecule has 0 atom stereocenters. The maximum absolute atomic E-state index is 13.1. The van der Waals surface area contributed by atoms with Crippen LogP contribution in [0.1, 0.15) is 32.7 Å². The first kappa shape index (κ1) is 25.2. The molecule has 3 aromatic rings. The van der Waals surface area contributed by atoms with Gasteiger partial charge in [-0.1, -0.05) is 18.2 Å². The molecule has 4 N–H and O–H groups in total. The van der Waals surface area contributed by atoms with Gasteiger partial charge in [0.15, 0.2) is 5.82 Å². The third-order valence-electron chi connectivity index (χ3n) is 7.30. The summed E-state index contributed by atoms with van der Waals surface area (Å²) in [5.74, 6) is -1.19. The number of phenolic OH excluding ortho intramolecular Hbond substituents is 1. The number of piperazine rings is 1. The molecule has 2 saturated heterocycles. The van der Waals surface area contributed by atoms with Crippen molar-refractivity contribution in [2.75, 3.05) is 43.4 Å². The largest absolute Gasteiger partial charge is 0.507 e. The van der Waals surface area contributed by atoms with Crippen LogP contribution in [0.4, 0.5) is 16.3 Å². The highest BCUT2D eigenvalue weighted by Gasteiger charge is 2.43. The number of benzene rings is 2. The topological polar surface area (TPSA) is 165 Å². The van der Waals surface area contributed by atoms with Crippen LogP contribution in [0.3, 0.4) is 0 Å². The van der Waals surface area contributed by atoms with Crippen LogP contribution in [0.25, 0.3) is 11.3 Å². The molecular weight excluding hydrogens is 516 g/mol. The van der Waals surface area contributed by atoms with Gasteiger partial charge in [-0.25, -0.2) is 9.80 Å². The number of rotatable bonds is 5. The summed E-state index contributed by atoms with van der Waals surface area (Å²) in [6.07, 6.45) is 0.00756. The molecule has 4 heterocycles. The average molecular weight is 543 g/mol. The lowest BCUT2D eigenvalue weighted by atomic mass is 10.1. The zero-order valence-corrected chi connectivity index (χ0v) is 21.4. The third kappa shape index (κ3) is 4.45. The van der Waals surface area contributed by atoms with Crippen molar-refractivity contribution < 1.29 is 24.3 Å². The number of carbonyl (C=O) groups is 4. The van der Waals surface area contributed by atoms with E-state index in [0.29, 0.717) is 49.8 Å². The van der Waals surface area contributed by atoms with E-state index in [1.165, 1.54) is 0 Å². The number of urea groups is 1. The van der Waals surface area contributed by atoms with Crippen molar-refractivity contribution in [3.63, 3.8) is 0 Å². The normalized spacial score (nSPS) is 17.9. The minimum Gasteiger partial charge on any atom is -0.507 e. The molecule has 0 saturated carbocycles. The van der Waals surface area contributed by atoms with E-state index in [-0.39, 0.29) is 29.8 Å². The number of aromatic hydroxyl groups is 1. The fraction of sp³-hybridized carbons (Fsp3) is 0.259. The van der Waals surface area contributed by atoms with Gasteiger partial charge in [0.05, 0.1) is 29.1 Å². The van der Waals surface area contributed by atoms with Gasteiger partial charge in [0.2, 0.25) is 5.91 Å². The quantitative estimate of drug-likeness (QED) is 0.399. The number of imide groups is 2. The van der Waals surface area contributed by atoms with Crippen LogP contribution in [0.5, 0.6) is 5.75 Å². The van der Waals surface area contributed by atoms with Gasteiger partial charge in [-0.05, 0) is 35.9 Å². The molecule has 0 spiro atoms. The minimum atomic E-state index is -0.790. The molecule has 0 bridgehead atoms. The Labute approximate surface area is 228 Å². The zero-order chi connectivity index (χ0) is 28.0. The minimum absolute atomic E-state index is 0.00756. The second kappa shape index (κ2) is 9.93. The summed E-state index contributed by atoms with van der Waals surface area (Å²) >= 11 is 0. The van der Waals surface area contributed by atoms with Crippen LogP contribution in [0, 0.1) is 0 Å². The van der Waals surface area contributed by atoms with E-state index < -0.39 is 23.8 Å². The number of hydrogen-bond donors (Lipinski definition) is 3. The number of nitrogens with one attached hydrogen (secondary N) is 1. The van der Waals surface area contributed by atoms with Crippen molar-refractivity contribution >= 4 is 35.3 Å². The standard InChI is InChI=1S/C27H26N8O5/c28-24-21(14-20(30-31-24)18-3-1-2-4-22(18)36)33-11-9-32(10-12-33)15-16-5-6-17-19(13-16)26(39)35(25(17)38)34-8-7-23(37)29-27(34)40/h1-6,13-14,36H,7-12,15H2,(H2,28,31)(H,29,37,40). The van der Waals surface area contributed by atoms with Crippen molar-refractivity contribution in [2.24, 2.45) is 0 Å². The Balaban J connectivity index is 1.12. The molecule has 13 nitrogen and oxygen atoms in total. The first-order valence-electron chi connectivity index (χ1n) is 12.8. The highest BCUT2D eigenvalue weighted by atomic mass is 16.3. The average Bonchev–Trinajstić information content (AvgIpc) is 3.19. The van der Waals surface area contributed by atoms with Crippen LogP contribution in [0.2, 0.25) is 0 Å². The van der Waals surface area contributed by atoms with Gasteiger partial charge in [-0.15, -0.1) is 10.2 Å². The van der Waals surface area contributed by atoms with E-state index in [4.69, 9.17) is 5.73 Å². The number of aromatic nitrogens is 2. The molecule has 2 aromatic carbocycles. The fourth-order valence-corrected chi connectivity index (χ4v) is 5.21. The zero-order valence-electron chi connectivity index (χ0n) is 21.4. The van der Waals surface area contributed by atoms with E-state index >= 15 is 0 Å². The number of nitrogens with two attached hydrogens (primary N) is 1.